The number of hydrogen-bond acceptors (Lipinski definition) is 4. The molecule has 0 aliphatic rings. The van der Waals surface area contributed by atoms with Crippen molar-refractivity contribution >= 4 is 18.2 Å². The molecule has 0 fully saturated rings. The van der Waals surface area contributed by atoms with Gasteiger partial charge < -0.3 is 9.53 Å². The highest BCUT2D eigenvalue weighted by Crippen LogP contribution is 2.31. The molecule has 0 heterocycles. The van der Waals surface area contributed by atoms with Crippen LogP contribution in [-0.4, -0.2) is 34.0 Å². The summed E-state index contributed by atoms with van der Waals surface area (Å²) in [5.41, 5.74) is 0. The fourth-order valence-electron chi connectivity index (χ4n) is 3.36. The van der Waals surface area contributed by atoms with Crippen LogP contribution in [0.1, 0.15) is 34.6 Å². The van der Waals surface area contributed by atoms with Gasteiger partial charge in [0.25, 0.3) is 0 Å². The predicted octanol–water partition coefficient (Wildman–Crippen LogP) is 5.18. The molecule has 4 atom stereocenters. The van der Waals surface area contributed by atoms with E-state index in [2.05, 4.69) is 27.4 Å². The fraction of sp³-hybridized carbons (Fsp3) is 0.545. The quantitative estimate of drug-likeness (QED) is 0.371. The lowest BCUT2D eigenvalue weighted by Gasteiger charge is -2.39. The minimum absolute atomic E-state index is 0.0558. The molecule has 4 nitrogen and oxygen atoms in total. The molecule has 1 N–H and O–H groups in total. The van der Waals surface area contributed by atoms with Gasteiger partial charge in [-0.15, -0.1) is 6.58 Å². The normalized spacial score (nSPS) is 17.2. The van der Waals surface area contributed by atoms with E-state index >= 15 is 0 Å². The molecule has 0 bridgehead atoms. The van der Waals surface area contributed by atoms with E-state index in [-0.39, 0.29) is 22.8 Å². The lowest BCUT2D eigenvalue weighted by Crippen LogP contribution is -2.46. The Morgan fingerprint density at radius 1 is 1.11 bits per heavy atom. The minimum Gasteiger partial charge on any atom is -0.413 e. The van der Waals surface area contributed by atoms with E-state index in [1.165, 1.54) is 6.08 Å². The van der Waals surface area contributed by atoms with Crippen LogP contribution in [0.15, 0.2) is 59.4 Å². The van der Waals surface area contributed by atoms with Crippen LogP contribution in [0.2, 0.25) is 18.1 Å². The van der Waals surface area contributed by atoms with Crippen LogP contribution < -0.4 is 0 Å². The smallest absolute Gasteiger partial charge is 0.199 e. The lowest BCUT2D eigenvalue weighted by molar-refractivity contribution is 0.0335. The van der Waals surface area contributed by atoms with Crippen molar-refractivity contribution in [1.29, 1.82) is 0 Å². The first-order valence-corrected chi connectivity index (χ1v) is 14.2. The Kier molecular flexibility index (Phi) is 9.84. The summed E-state index contributed by atoms with van der Waals surface area (Å²) in [6.07, 6.45) is 2.08. The molecular formula is C22H36O4SSi. The Balaban J connectivity index is 3.05. The molecule has 0 spiro atoms. The first-order chi connectivity index (χ1) is 13.2. The van der Waals surface area contributed by atoms with Crippen molar-refractivity contribution in [2.45, 2.75) is 69.9 Å². The van der Waals surface area contributed by atoms with Gasteiger partial charge in [0.1, 0.15) is 0 Å². The van der Waals surface area contributed by atoms with Gasteiger partial charge in [-0.05, 0) is 42.3 Å². The summed E-state index contributed by atoms with van der Waals surface area (Å²) in [5.74, 6) is -0.202. The third-order valence-corrected chi connectivity index (χ3v) is 11.9. The SMILES string of the molecule is C=CC(C)[C@H](O[Si](CC)(CC)CC)[C@H](C)C(O)/C=C/S(=O)(=O)c1ccccc1. The molecule has 0 aliphatic carbocycles. The maximum Gasteiger partial charge on any atom is 0.199 e. The second-order valence-electron chi connectivity index (χ2n) is 7.46. The second-order valence-corrected chi connectivity index (χ2v) is 14.0. The van der Waals surface area contributed by atoms with E-state index in [0.29, 0.717) is 0 Å². The molecule has 0 saturated heterocycles. The molecule has 6 heteroatoms. The minimum atomic E-state index is -3.58. The Morgan fingerprint density at radius 2 is 1.64 bits per heavy atom. The highest BCUT2D eigenvalue weighted by Gasteiger charge is 2.37. The summed E-state index contributed by atoms with van der Waals surface area (Å²) in [5, 5.41) is 11.8. The van der Waals surface area contributed by atoms with Crippen molar-refractivity contribution in [2.75, 3.05) is 0 Å². The van der Waals surface area contributed by atoms with Gasteiger partial charge in [-0.1, -0.05) is 58.9 Å². The first kappa shape index (κ1) is 24.8. The molecule has 28 heavy (non-hydrogen) atoms. The lowest BCUT2D eigenvalue weighted by atomic mass is 9.89. The molecule has 0 saturated carbocycles. The third kappa shape index (κ3) is 6.41. The number of hydrogen-bond donors (Lipinski definition) is 1. The van der Waals surface area contributed by atoms with E-state index in [1.54, 1.807) is 30.3 Å². The molecule has 0 amide bonds. The molecule has 1 aromatic carbocycles. The number of sulfone groups is 1. The second kappa shape index (κ2) is 11.1. The summed E-state index contributed by atoms with van der Waals surface area (Å²) in [4.78, 5) is 0.215. The standard InChI is InChI=1S/C22H36O4SSi/c1-7-18(5)22(26-28(8-2,9-3)10-4)19(6)21(23)16-17-27(24,25)20-14-12-11-13-15-20/h7,11-19,21-23H,1,8-10H2,2-6H3/b17-16+/t18?,19-,21?,22+/m1/s1. The zero-order valence-corrected chi connectivity index (χ0v) is 19.7. The van der Waals surface area contributed by atoms with Crippen LogP contribution in [-0.2, 0) is 14.3 Å². The zero-order valence-electron chi connectivity index (χ0n) is 17.8. The maximum absolute atomic E-state index is 12.4. The Labute approximate surface area is 172 Å². The highest BCUT2D eigenvalue weighted by molar-refractivity contribution is 7.94. The van der Waals surface area contributed by atoms with E-state index in [4.69, 9.17) is 4.43 Å². The number of aliphatic hydroxyl groups excluding tert-OH is 1. The molecule has 1 rings (SSSR count). The van der Waals surface area contributed by atoms with Crippen LogP contribution in [0.5, 0.6) is 0 Å². The largest absolute Gasteiger partial charge is 0.413 e. The van der Waals surface area contributed by atoms with Crippen LogP contribution >= 0.6 is 0 Å². The topological polar surface area (TPSA) is 63.6 Å². The fourth-order valence-corrected chi connectivity index (χ4v) is 7.43. The van der Waals surface area contributed by atoms with Crippen LogP contribution in [0.4, 0.5) is 0 Å². The van der Waals surface area contributed by atoms with Gasteiger partial charge in [0.2, 0.25) is 0 Å². The van der Waals surface area contributed by atoms with Gasteiger partial charge in [0.05, 0.1) is 17.1 Å². The van der Waals surface area contributed by atoms with Crippen molar-refractivity contribution < 1.29 is 18.0 Å². The Morgan fingerprint density at radius 3 is 2.11 bits per heavy atom. The van der Waals surface area contributed by atoms with Gasteiger partial charge in [0, 0.05) is 11.3 Å². The van der Waals surface area contributed by atoms with Crippen LogP contribution in [0.3, 0.4) is 0 Å². The average molecular weight is 425 g/mol. The number of rotatable bonds is 12. The summed E-state index contributed by atoms with van der Waals surface area (Å²) in [7, 11) is -5.46. The van der Waals surface area contributed by atoms with Crippen molar-refractivity contribution in [2.24, 2.45) is 11.8 Å². The van der Waals surface area contributed by atoms with E-state index < -0.39 is 24.3 Å². The third-order valence-electron chi connectivity index (χ3n) is 5.79. The molecular weight excluding hydrogens is 388 g/mol. The van der Waals surface area contributed by atoms with Crippen LogP contribution in [0.25, 0.3) is 0 Å². The van der Waals surface area contributed by atoms with Gasteiger partial charge in [-0.3, -0.25) is 0 Å². The van der Waals surface area contributed by atoms with Gasteiger partial charge in [-0.2, -0.15) is 0 Å². The van der Waals surface area contributed by atoms with Crippen molar-refractivity contribution in [1.82, 2.24) is 0 Å². The van der Waals surface area contributed by atoms with Gasteiger partial charge in [0.15, 0.2) is 18.2 Å². The van der Waals surface area contributed by atoms with Gasteiger partial charge in [-0.25, -0.2) is 8.42 Å². The molecule has 0 aliphatic heterocycles. The molecule has 2 unspecified atom stereocenters. The summed E-state index contributed by atoms with van der Waals surface area (Å²) in [6, 6.07) is 11.3. The average Bonchev–Trinajstić information content (AvgIpc) is 2.73. The number of benzene rings is 1. The first-order valence-electron chi connectivity index (χ1n) is 10.1. The van der Waals surface area contributed by atoms with E-state index in [0.717, 1.165) is 23.5 Å². The van der Waals surface area contributed by atoms with E-state index in [9.17, 15) is 13.5 Å². The van der Waals surface area contributed by atoms with Crippen molar-refractivity contribution in [3.05, 3.63) is 54.5 Å². The van der Waals surface area contributed by atoms with Crippen LogP contribution in [0, 0.1) is 11.8 Å². The Bertz CT molecular complexity index is 718. The summed E-state index contributed by atoms with van der Waals surface area (Å²) < 4.78 is 31.6. The molecule has 0 radical (unpaired) electrons. The monoisotopic (exact) mass is 424 g/mol. The molecule has 1 aromatic rings. The van der Waals surface area contributed by atoms with Crippen molar-refractivity contribution in [3.63, 3.8) is 0 Å². The maximum atomic E-state index is 12.4. The summed E-state index contributed by atoms with van der Waals surface area (Å²) in [6.45, 7) is 14.3. The van der Waals surface area contributed by atoms with E-state index in [1.807, 2.05) is 19.9 Å². The molecule has 158 valence electrons. The molecule has 0 aromatic heterocycles. The van der Waals surface area contributed by atoms with Crippen molar-refractivity contribution in [3.8, 4) is 0 Å². The number of aliphatic hydroxyl groups is 1. The zero-order chi connectivity index (χ0) is 21.4. The summed E-state index contributed by atoms with van der Waals surface area (Å²) >= 11 is 0. The predicted molar refractivity (Wildman–Crippen MR) is 119 cm³/mol. The van der Waals surface area contributed by atoms with Gasteiger partial charge >= 0.3 is 0 Å². The Hall–Kier alpha value is -1.21. The highest BCUT2D eigenvalue weighted by atomic mass is 32.2.